The lowest BCUT2D eigenvalue weighted by molar-refractivity contribution is 1.32. The first-order valence-corrected chi connectivity index (χ1v) is 6.47. The standard InChI is InChI=1S/C17H15N3/c18-16-11-6-12-17(20-16)19-15-10-5-4-9-14(15)13-7-2-1-3-8-13/h1-12H,(H3,18,19,20). The Morgan fingerprint density at radius 3 is 2.30 bits per heavy atom. The van der Waals surface area contributed by atoms with Gasteiger partial charge in [0.05, 0.1) is 0 Å². The second kappa shape index (κ2) is 5.45. The van der Waals surface area contributed by atoms with E-state index in [0.717, 1.165) is 17.1 Å². The molecule has 2 aromatic carbocycles. The van der Waals surface area contributed by atoms with Gasteiger partial charge in [0.15, 0.2) is 0 Å². The number of aromatic nitrogens is 1. The van der Waals surface area contributed by atoms with Crippen LogP contribution >= 0.6 is 0 Å². The van der Waals surface area contributed by atoms with E-state index >= 15 is 0 Å². The Balaban J connectivity index is 1.99. The number of pyridine rings is 1. The average Bonchev–Trinajstić information content (AvgIpc) is 2.49. The number of rotatable bonds is 3. The van der Waals surface area contributed by atoms with E-state index in [-0.39, 0.29) is 0 Å². The molecule has 0 saturated heterocycles. The van der Waals surface area contributed by atoms with Gasteiger partial charge in [-0.1, -0.05) is 54.6 Å². The topological polar surface area (TPSA) is 50.9 Å². The first kappa shape index (κ1) is 12.2. The summed E-state index contributed by atoms with van der Waals surface area (Å²) in [7, 11) is 0. The second-order valence-corrected chi connectivity index (χ2v) is 4.48. The van der Waals surface area contributed by atoms with Crippen LogP contribution in [0.25, 0.3) is 11.1 Å². The maximum atomic E-state index is 5.71. The van der Waals surface area contributed by atoms with Crippen molar-refractivity contribution in [2.45, 2.75) is 0 Å². The van der Waals surface area contributed by atoms with E-state index in [4.69, 9.17) is 5.73 Å². The van der Waals surface area contributed by atoms with Crippen LogP contribution in [0.1, 0.15) is 0 Å². The van der Waals surface area contributed by atoms with Gasteiger partial charge in [0.25, 0.3) is 0 Å². The molecule has 0 saturated carbocycles. The van der Waals surface area contributed by atoms with E-state index in [0.29, 0.717) is 5.82 Å². The lowest BCUT2D eigenvalue weighted by Gasteiger charge is -2.11. The molecule has 3 N–H and O–H groups in total. The maximum absolute atomic E-state index is 5.71. The molecule has 3 aromatic rings. The normalized spacial score (nSPS) is 10.2. The third-order valence-electron chi connectivity index (χ3n) is 3.05. The van der Waals surface area contributed by atoms with Crippen LogP contribution in [0.15, 0.2) is 72.8 Å². The largest absolute Gasteiger partial charge is 0.384 e. The summed E-state index contributed by atoms with van der Waals surface area (Å²) < 4.78 is 0. The van der Waals surface area contributed by atoms with Crippen LogP contribution in [0.4, 0.5) is 17.3 Å². The van der Waals surface area contributed by atoms with Gasteiger partial charge in [0.1, 0.15) is 11.6 Å². The van der Waals surface area contributed by atoms with Crippen LogP contribution in [0.3, 0.4) is 0 Å². The van der Waals surface area contributed by atoms with Gasteiger partial charge in [-0.3, -0.25) is 0 Å². The Morgan fingerprint density at radius 2 is 1.50 bits per heavy atom. The van der Waals surface area contributed by atoms with E-state index in [2.05, 4.69) is 28.5 Å². The number of nitrogens with one attached hydrogen (secondary N) is 1. The molecule has 0 unspecified atom stereocenters. The van der Waals surface area contributed by atoms with E-state index in [1.165, 1.54) is 5.56 Å². The molecule has 98 valence electrons. The Hall–Kier alpha value is -2.81. The molecule has 0 aliphatic heterocycles. The fourth-order valence-electron chi connectivity index (χ4n) is 2.12. The van der Waals surface area contributed by atoms with Gasteiger partial charge < -0.3 is 11.1 Å². The summed E-state index contributed by atoms with van der Waals surface area (Å²) in [6.45, 7) is 0. The van der Waals surface area contributed by atoms with Crippen LogP contribution < -0.4 is 11.1 Å². The molecule has 1 aromatic heterocycles. The first-order chi connectivity index (χ1) is 9.83. The highest BCUT2D eigenvalue weighted by atomic mass is 15.0. The number of hydrogen-bond acceptors (Lipinski definition) is 3. The van der Waals surface area contributed by atoms with E-state index in [1.807, 2.05) is 48.5 Å². The summed E-state index contributed by atoms with van der Waals surface area (Å²) in [5, 5.41) is 3.32. The summed E-state index contributed by atoms with van der Waals surface area (Å²) in [6, 6.07) is 24.0. The van der Waals surface area contributed by atoms with Crippen molar-refractivity contribution in [3.05, 3.63) is 72.8 Å². The number of para-hydroxylation sites is 1. The van der Waals surface area contributed by atoms with Crippen molar-refractivity contribution in [3.63, 3.8) is 0 Å². The summed E-state index contributed by atoms with van der Waals surface area (Å²) in [5.41, 5.74) is 9.02. The first-order valence-electron chi connectivity index (χ1n) is 6.47. The minimum atomic E-state index is 0.507. The SMILES string of the molecule is Nc1cccc(Nc2ccccc2-c2ccccc2)n1. The fourth-order valence-corrected chi connectivity index (χ4v) is 2.12. The average molecular weight is 261 g/mol. The van der Waals surface area contributed by atoms with E-state index < -0.39 is 0 Å². The molecule has 0 aliphatic carbocycles. The summed E-state index contributed by atoms with van der Waals surface area (Å²) in [4.78, 5) is 4.27. The van der Waals surface area contributed by atoms with Crippen molar-refractivity contribution in [2.75, 3.05) is 11.1 Å². The van der Waals surface area contributed by atoms with Crippen LogP contribution in [0.2, 0.25) is 0 Å². The molecule has 0 atom stereocenters. The van der Waals surface area contributed by atoms with Gasteiger partial charge in [-0.05, 0) is 23.8 Å². The molecular weight excluding hydrogens is 246 g/mol. The highest BCUT2D eigenvalue weighted by Gasteiger charge is 2.04. The molecule has 3 heteroatoms. The van der Waals surface area contributed by atoms with Crippen molar-refractivity contribution in [3.8, 4) is 11.1 Å². The van der Waals surface area contributed by atoms with Crippen LogP contribution in [-0.4, -0.2) is 4.98 Å². The third-order valence-corrected chi connectivity index (χ3v) is 3.05. The summed E-state index contributed by atoms with van der Waals surface area (Å²) in [6.07, 6.45) is 0. The molecule has 3 rings (SSSR count). The zero-order valence-electron chi connectivity index (χ0n) is 11.0. The fraction of sp³-hybridized carbons (Fsp3) is 0. The lowest BCUT2D eigenvalue weighted by Crippen LogP contribution is -1.98. The van der Waals surface area contributed by atoms with Crippen molar-refractivity contribution in [1.82, 2.24) is 4.98 Å². The number of anilines is 3. The smallest absolute Gasteiger partial charge is 0.132 e. The molecule has 0 amide bonds. The maximum Gasteiger partial charge on any atom is 0.132 e. The quantitative estimate of drug-likeness (QED) is 0.747. The Bertz CT molecular complexity index is 708. The molecule has 0 radical (unpaired) electrons. The Kier molecular flexibility index (Phi) is 3.33. The van der Waals surface area contributed by atoms with Gasteiger partial charge in [-0.2, -0.15) is 0 Å². The lowest BCUT2D eigenvalue weighted by atomic mass is 10.0. The highest BCUT2D eigenvalue weighted by molar-refractivity contribution is 5.80. The molecule has 0 spiro atoms. The zero-order chi connectivity index (χ0) is 13.8. The molecule has 1 heterocycles. The van der Waals surface area contributed by atoms with Gasteiger partial charge >= 0.3 is 0 Å². The number of nitrogens with zero attached hydrogens (tertiary/aromatic N) is 1. The van der Waals surface area contributed by atoms with Crippen LogP contribution in [-0.2, 0) is 0 Å². The van der Waals surface area contributed by atoms with Crippen molar-refractivity contribution < 1.29 is 0 Å². The minimum Gasteiger partial charge on any atom is -0.384 e. The van der Waals surface area contributed by atoms with Gasteiger partial charge in [0, 0.05) is 11.3 Å². The predicted octanol–water partition coefficient (Wildman–Crippen LogP) is 4.07. The summed E-state index contributed by atoms with van der Waals surface area (Å²) >= 11 is 0. The van der Waals surface area contributed by atoms with E-state index in [1.54, 1.807) is 6.07 Å². The molecule has 0 aliphatic rings. The molecular formula is C17H15N3. The van der Waals surface area contributed by atoms with Gasteiger partial charge in [-0.15, -0.1) is 0 Å². The monoisotopic (exact) mass is 261 g/mol. The molecule has 3 nitrogen and oxygen atoms in total. The second-order valence-electron chi connectivity index (χ2n) is 4.48. The number of hydrogen-bond donors (Lipinski definition) is 2. The van der Waals surface area contributed by atoms with Crippen LogP contribution in [0.5, 0.6) is 0 Å². The zero-order valence-corrected chi connectivity index (χ0v) is 11.0. The molecule has 0 bridgehead atoms. The minimum absolute atomic E-state index is 0.507. The summed E-state index contributed by atoms with van der Waals surface area (Å²) in [5.74, 6) is 1.25. The van der Waals surface area contributed by atoms with E-state index in [9.17, 15) is 0 Å². The van der Waals surface area contributed by atoms with Crippen molar-refractivity contribution in [1.29, 1.82) is 0 Å². The van der Waals surface area contributed by atoms with Crippen molar-refractivity contribution in [2.24, 2.45) is 0 Å². The van der Waals surface area contributed by atoms with Gasteiger partial charge in [0.2, 0.25) is 0 Å². The number of nitrogens with two attached hydrogens (primary N) is 1. The number of nitrogen functional groups attached to an aromatic ring is 1. The Morgan fingerprint density at radius 1 is 0.750 bits per heavy atom. The molecule has 0 fully saturated rings. The number of benzene rings is 2. The Labute approximate surface area is 118 Å². The third kappa shape index (κ3) is 2.62. The van der Waals surface area contributed by atoms with Gasteiger partial charge in [-0.25, -0.2) is 4.98 Å². The molecule has 20 heavy (non-hydrogen) atoms. The highest BCUT2D eigenvalue weighted by Crippen LogP contribution is 2.29. The van der Waals surface area contributed by atoms with Crippen LogP contribution in [0, 0.1) is 0 Å². The van der Waals surface area contributed by atoms with Crippen molar-refractivity contribution >= 4 is 17.3 Å². The predicted molar refractivity (Wildman–Crippen MR) is 83.8 cm³/mol.